The largest absolute Gasteiger partial charge is 0.383 e. The zero-order chi connectivity index (χ0) is 15.1. The average Bonchev–Trinajstić information content (AvgIpc) is 2.46. The van der Waals surface area contributed by atoms with Crippen LogP contribution in [-0.4, -0.2) is 23.7 Å². The van der Waals surface area contributed by atoms with Crippen molar-refractivity contribution in [2.45, 2.75) is 77.2 Å². The lowest BCUT2D eigenvalue weighted by atomic mass is 10.0. The standard InChI is InChI=1S/C17H30NO2/c1-3-5-6-7-8-9-10-11-12-13-14-16(19)17(20)18-15-4-2/h2,9,16,19H,3,5-8,10-15H2,1H3,(H,18,20)/t16-/m1/s1. The number of rotatable bonds is 13. The monoisotopic (exact) mass is 280 g/mol. The normalized spacial score (nSPS) is 11.8. The van der Waals surface area contributed by atoms with Crippen molar-refractivity contribution in [2.75, 3.05) is 6.54 Å². The Morgan fingerprint density at radius 3 is 2.45 bits per heavy atom. The topological polar surface area (TPSA) is 49.3 Å². The van der Waals surface area contributed by atoms with Gasteiger partial charge in [0.25, 0.3) is 0 Å². The lowest BCUT2D eigenvalue weighted by molar-refractivity contribution is -0.129. The van der Waals surface area contributed by atoms with Gasteiger partial charge in [-0.3, -0.25) is 4.79 Å². The first-order chi connectivity index (χ1) is 9.72. The summed E-state index contributed by atoms with van der Waals surface area (Å²) in [5.74, 6) is 1.96. The van der Waals surface area contributed by atoms with E-state index in [-0.39, 0.29) is 12.5 Å². The number of unbranched alkanes of at least 4 members (excludes halogenated alkanes) is 9. The van der Waals surface area contributed by atoms with E-state index >= 15 is 0 Å². The maximum Gasteiger partial charge on any atom is 0.249 e. The maximum absolute atomic E-state index is 11.3. The molecular weight excluding hydrogens is 250 g/mol. The van der Waals surface area contributed by atoms with Crippen molar-refractivity contribution in [2.24, 2.45) is 0 Å². The first kappa shape index (κ1) is 19.0. The van der Waals surface area contributed by atoms with E-state index in [4.69, 9.17) is 6.42 Å². The van der Waals surface area contributed by atoms with Crippen molar-refractivity contribution < 1.29 is 9.90 Å². The van der Waals surface area contributed by atoms with Gasteiger partial charge in [0, 0.05) is 0 Å². The van der Waals surface area contributed by atoms with Crippen molar-refractivity contribution in [1.29, 1.82) is 0 Å². The fourth-order valence-electron chi connectivity index (χ4n) is 2.05. The highest BCUT2D eigenvalue weighted by atomic mass is 16.3. The van der Waals surface area contributed by atoms with E-state index in [2.05, 4.69) is 24.6 Å². The molecule has 0 unspecified atom stereocenters. The Bertz CT molecular complexity index is 271. The van der Waals surface area contributed by atoms with Gasteiger partial charge in [-0.05, 0) is 12.8 Å². The van der Waals surface area contributed by atoms with Crippen LogP contribution in [0.1, 0.15) is 71.1 Å². The summed E-state index contributed by atoms with van der Waals surface area (Å²) in [5, 5.41) is 12.1. The van der Waals surface area contributed by atoms with Crippen LogP contribution in [0.2, 0.25) is 0 Å². The summed E-state index contributed by atoms with van der Waals surface area (Å²) in [6.07, 6.45) is 17.7. The predicted octanol–water partition coefficient (Wildman–Crippen LogP) is 3.22. The molecule has 0 aromatic rings. The fourth-order valence-corrected chi connectivity index (χ4v) is 2.05. The summed E-state index contributed by atoms with van der Waals surface area (Å²) in [4.78, 5) is 11.3. The van der Waals surface area contributed by atoms with Crippen LogP contribution < -0.4 is 5.32 Å². The second kappa shape index (κ2) is 14.4. The Kier molecular flexibility index (Phi) is 13.7. The highest BCUT2D eigenvalue weighted by Gasteiger charge is 2.12. The molecule has 0 saturated heterocycles. The molecule has 2 N–H and O–H groups in total. The molecular formula is C17H30NO2. The molecule has 0 aliphatic heterocycles. The van der Waals surface area contributed by atoms with Crippen LogP contribution in [0.4, 0.5) is 0 Å². The quantitative estimate of drug-likeness (QED) is 0.402. The number of hydrogen-bond acceptors (Lipinski definition) is 2. The zero-order valence-corrected chi connectivity index (χ0v) is 12.9. The Morgan fingerprint density at radius 2 is 1.85 bits per heavy atom. The van der Waals surface area contributed by atoms with Crippen LogP contribution >= 0.6 is 0 Å². The smallest absolute Gasteiger partial charge is 0.249 e. The lowest BCUT2D eigenvalue weighted by Gasteiger charge is -2.09. The van der Waals surface area contributed by atoms with Crippen LogP contribution in [0.5, 0.6) is 0 Å². The lowest BCUT2D eigenvalue weighted by Crippen LogP contribution is -2.34. The molecule has 0 saturated carbocycles. The molecule has 0 bridgehead atoms. The van der Waals surface area contributed by atoms with E-state index in [1.807, 2.05) is 0 Å². The van der Waals surface area contributed by atoms with E-state index in [1.54, 1.807) is 0 Å². The molecule has 0 spiro atoms. The van der Waals surface area contributed by atoms with Gasteiger partial charge >= 0.3 is 0 Å². The second-order valence-electron chi connectivity index (χ2n) is 5.21. The van der Waals surface area contributed by atoms with Crippen LogP contribution in [-0.2, 0) is 4.79 Å². The molecule has 0 aliphatic carbocycles. The molecule has 0 aromatic carbocycles. The number of amides is 1. The SMILES string of the molecule is C#CCNC(=O)[C@H](O)CCCCC[CH]CCCCCC. The van der Waals surface area contributed by atoms with E-state index in [1.165, 1.54) is 32.1 Å². The van der Waals surface area contributed by atoms with Gasteiger partial charge in [0.05, 0.1) is 6.54 Å². The van der Waals surface area contributed by atoms with E-state index in [0.717, 1.165) is 25.7 Å². The number of aliphatic hydroxyl groups excluding tert-OH is 1. The number of nitrogens with one attached hydrogen (secondary N) is 1. The number of carbonyl (C=O) groups is 1. The first-order valence-corrected chi connectivity index (χ1v) is 7.93. The molecule has 1 atom stereocenters. The summed E-state index contributed by atoms with van der Waals surface area (Å²) in [5.41, 5.74) is 0. The fraction of sp³-hybridized carbons (Fsp3) is 0.765. The molecule has 3 heteroatoms. The molecule has 0 rings (SSSR count). The molecule has 115 valence electrons. The minimum absolute atomic E-state index is 0.183. The van der Waals surface area contributed by atoms with Gasteiger partial charge in [0.2, 0.25) is 5.91 Å². The second-order valence-corrected chi connectivity index (χ2v) is 5.21. The van der Waals surface area contributed by atoms with Crippen molar-refractivity contribution in [3.63, 3.8) is 0 Å². The number of carbonyl (C=O) groups excluding carboxylic acids is 1. The van der Waals surface area contributed by atoms with Crippen LogP contribution in [0.25, 0.3) is 0 Å². The number of terminal acetylenes is 1. The van der Waals surface area contributed by atoms with Crippen molar-refractivity contribution >= 4 is 5.91 Å². The predicted molar refractivity (Wildman–Crippen MR) is 84.0 cm³/mol. The van der Waals surface area contributed by atoms with Gasteiger partial charge in [-0.15, -0.1) is 6.42 Å². The highest BCUT2D eigenvalue weighted by molar-refractivity contribution is 5.80. The van der Waals surface area contributed by atoms with Gasteiger partial charge < -0.3 is 10.4 Å². The van der Waals surface area contributed by atoms with Crippen LogP contribution in [0.15, 0.2) is 0 Å². The maximum atomic E-state index is 11.3. The third kappa shape index (κ3) is 12.0. The van der Waals surface area contributed by atoms with Gasteiger partial charge in [0.15, 0.2) is 0 Å². The van der Waals surface area contributed by atoms with Gasteiger partial charge in [0.1, 0.15) is 6.10 Å². The Labute approximate surface area is 124 Å². The molecule has 0 fully saturated rings. The highest BCUT2D eigenvalue weighted by Crippen LogP contribution is 2.11. The van der Waals surface area contributed by atoms with Gasteiger partial charge in [-0.25, -0.2) is 0 Å². The van der Waals surface area contributed by atoms with Gasteiger partial charge in [-0.1, -0.05) is 70.6 Å². The van der Waals surface area contributed by atoms with Crippen LogP contribution in [0, 0.1) is 18.8 Å². The number of hydrogen-bond donors (Lipinski definition) is 2. The molecule has 3 nitrogen and oxygen atoms in total. The Hall–Kier alpha value is -1.01. The number of aliphatic hydroxyl groups is 1. The van der Waals surface area contributed by atoms with E-state index in [9.17, 15) is 9.90 Å². The van der Waals surface area contributed by atoms with Gasteiger partial charge in [-0.2, -0.15) is 0 Å². The van der Waals surface area contributed by atoms with E-state index < -0.39 is 6.10 Å². The zero-order valence-electron chi connectivity index (χ0n) is 12.9. The third-order valence-electron chi connectivity index (χ3n) is 3.31. The molecule has 0 aromatic heterocycles. The Balaban J connectivity index is 3.27. The van der Waals surface area contributed by atoms with E-state index in [0.29, 0.717) is 6.42 Å². The minimum atomic E-state index is -0.915. The summed E-state index contributed by atoms with van der Waals surface area (Å²) in [6, 6.07) is 0. The van der Waals surface area contributed by atoms with Crippen molar-refractivity contribution in [3.8, 4) is 12.3 Å². The average molecular weight is 280 g/mol. The summed E-state index contributed by atoms with van der Waals surface area (Å²) in [7, 11) is 0. The summed E-state index contributed by atoms with van der Waals surface area (Å²) in [6.45, 7) is 2.41. The third-order valence-corrected chi connectivity index (χ3v) is 3.31. The minimum Gasteiger partial charge on any atom is -0.383 e. The van der Waals surface area contributed by atoms with Crippen molar-refractivity contribution in [3.05, 3.63) is 6.42 Å². The summed E-state index contributed by atoms with van der Waals surface area (Å²) >= 11 is 0. The first-order valence-electron chi connectivity index (χ1n) is 7.93. The molecule has 0 heterocycles. The molecule has 20 heavy (non-hydrogen) atoms. The van der Waals surface area contributed by atoms with Crippen molar-refractivity contribution in [1.82, 2.24) is 5.32 Å². The molecule has 0 aliphatic rings. The molecule has 1 amide bonds. The molecule has 1 radical (unpaired) electrons. The summed E-state index contributed by atoms with van der Waals surface area (Å²) < 4.78 is 0. The van der Waals surface area contributed by atoms with Crippen LogP contribution in [0.3, 0.4) is 0 Å². The Morgan fingerprint density at radius 1 is 1.20 bits per heavy atom.